The fourth-order valence-electron chi connectivity index (χ4n) is 1.15. The Morgan fingerprint density at radius 2 is 2.29 bits per heavy atom. The number of phenols is 2. The van der Waals surface area contributed by atoms with Crippen LogP contribution in [0.15, 0.2) is 18.2 Å². The molecule has 2 unspecified atom stereocenters. The van der Waals surface area contributed by atoms with Crippen molar-refractivity contribution < 1.29 is 22.5 Å². The van der Waals surface area contributed by atoms with Gasteiger partial charge in [0.25, 0.3) is 0 Å². The van der Waals surface area contributed by atoms with Crippen molar-refractivity contribution in [2.75, 3.05) is 6.61 Å². The first-order chi connectivity index (χ1) is 8.77. The van der Waals surface area contributed by atoms with Gasteiger partial charge >= 0.3 is 5.97 Å². The van der Waals surface area contributed by atoms with Crippen molar-refractivity contribution in [3.05, 3.63) is 23.8 Å². The lowest BCUT2D eigenvalue weighted by Crippen LogP contribution is -2.29. The molecular formula is C12H17NO4. The molecule has 0 bridgehead atoms. The number of ether oxygens (including phenoxy) is 1. The molecule has 0 saturated heterocycles. The second-order valence-corrected chi connectivity index (χ2v) is 3.48. The minimum atomic E-state index is -1.84. The molecule has 0 fully saturated rings. The zero-order valence-corrected chi connectivity index (χ0v) is 9.51. The van der Waals surface area contributed by atoms with Crippen LogP contribution in [-0.4, -0.2) is 28.8 Å². The lowest BCUT2D eigenvalue weighted by molar-refractivity contribution is -0.143. The van der Waals surface area contributed by atoms with Crippen LogP contribution in [0.2, 0.25) is 0 Å². The smallest absolute Gasteiger partial charge is 0.305 e. The van der Waals surface area contributed by atoms with E-state index in [4.69, 9.17) is 13.2 Å². The Labute approximate surface area is 103 Å². The summed E-state index contributed by atoms with van der Waals surface area (Å²) in [6.45, 7) is 1.19. The van der Waals surface area contributed by atoms with E-state index in [0.717, 1.165) is 6.07 Å². The number of aromatic hydroxyl groups is 2. The molecule has 0 heterocycles. The molecule has 5 heteroatoms. The Balaban J connectivity index is 2.81. The van der Waals surface area contributed by atoms with Gasteiger partial charge in [-0.3, -0.25) is 4.79 Å². The molecule has 0 aliphatic heterocycles. The lowest BCUT2D eigenvalue weighted by atomic mass is 10.1. The number of benzene rings is 1. The molecule has 17 heavy (non-hydrogen) atoms. The SMILES string of the molecule is [2H]C(c1ccc(O)c(O)c1)C([2H])(N)COC(=O)CC. The molecule has 1 aromatic rings. The standard InChI is InChI=1S/C12H17NO4/c1-2-12(16)17-7-9(13)5-8-3-4-10(14)11(15)6-8/h3-4,6,9,14-15H,2,5,7,13H2,1H3/i5D,9D. The van der Waals surface area contributed by atoms with Gasteiger partial charge in [-0.15, -0.1) is 0 Å². The topological polar surface area (TPSA) is 92.8 Å². The van der Waals surface area contributed by atoms with Gasteiger partial charge in [0.2, 0.25) is 0 Å². The molecule has 0 amide bonds. The highest BCUT2D eigenvalue weighted by atomic mass is 16.5. The fourth-order valence-corrected chi connectivity index (χ4v) is 1.15. The van der Waals surface area contributed by atoms with Gasteiger partial charge in [-0.05, 0) is 24.1 Å². The molecule has 0 aliphatic rings. The third kappa shape index (κ3) is 4.32. The summed E-state index contributed by atoms with van der Waals surface area (Å²) >= 11 is 0. The highest BCUT2D eigenvalue weighted by Gasteiger charge is 2.09. The van der Waals surface area contributed by atoms with E-state index in [1.165, 1.54) is 12.1 Å². The number of hydrogen-bond acceptors (Lipinski definition) is 5. The van der Waals surface area contributed by atoms with Gasteiger partial charge in [0.1, 0.15) is 6.61 Å². The summed E-state index contributed by atoms with van der Waals surface area (Å²) in [5.41, 5.74) is 5.89. The van der Waals surface area contributed by atoms with Gasteiger partial charge in [-0.25, -0.2) is 0 Å². The van der Waals surface area contributed by atoms with Crippen LogP contribution in [0.3, 0.4) is 0 Å². The third-order valence-electron chi connectivity index (χ3n) is 2.04. The molecule has 94 valence electrons. The molecule has 0 radical (unpaired) electrons. The summed E-state index contributed by atoms with van der Waals surface area (Å²) < 4.78 is 20.5. The second-order valence-electron chi connectivity index (χ2n) is 3.48. The summed E-state index contributed by atoms with van der Waals surface area (Å²) in [4.78, 5) is 11.0. The Kier molecular flexibility index (Phi) is 3.73. The van der Waals surface area contributed by atoms with Crippen molar-refractivity contribution in [2.24, 2.45) is 5.73 Å². The van der Waals surface area contributed by atoms with Gasteiger partial charge in [0.05, 0.1) is 1.37 Å². The van der Waals surface area contributed by atoms with Gasteiger partial charge in [-0.1, -0.05) is 13.0 Å². The number of carbonyl (C=O) groups excluding carboxylic acids is 1. The molecule has 0 aromatic heterocycles. The maximum absolute atomic E-state index is 11.0. The number of hydrogen-bond donors (Lipinski definition) is 3. The van der Waals surface area contributed by atoms with Crippen LogP contribution in [0.1, 0.15) is 21.6 Å². The van der Waals surface area contributed by atoms with Crippen LogP contribution in [0.25, 0.3) is 0 Å². The monoisotopic (exact) mass is 241 g/mol. The normalized spacial score (nSPS) is 17.5. The zero-order valence-electron chi connectivity index (χ0n) is 11.5. The van der Waals surface area contributed by atoms with Crippen molar-refractivity contribution in [3.8, 4) is 11.5 Å². The van der Waals surface area contributed by atoms with Crippen molar-refractivity contribution in [1.82, 2.24) is 0 Å². The molecule has 2 atom stereocenters. The quantitative estimate of drug-likeness (QED) is 0.526. The lowest BCUT2D eigenvalue weighted by Gasteiger charge is -2.12. The number of esters is 1. The first-order valence-electron chi connectivity index (χ1n) is 6.24. The van der Waals surface area contributed by atoms with E-state index < -0.39 is 30.7 Å². The summed E-state index contributed by atoms with van der Waals surface area (Å²) in [5, 5.41) is 18.5. The van der Waals surface area contributed by atoms with Crippen molar-refractivity contribution in [1.29, 1.82) is 0 Å². The van der Waals surface area contributed by atoms with Crippen molar-refractivity contribution in [2.45, 2.75) is 25.8 Å². The highest BCUT2D eigenvalue weighted by molar-refractivity contribution is 5.68. The molecule has 0 saturated carbocycles. The molecule has 5 nitrogen and oxygen atoms in total. The van der Waals surface area contributed by atoms with Crippen LogP contribution < -0.4 is 5.73 Å². The van der Waals surface area contributed by atoms with Crippen molar-refractivity contribution in [3.63, 3.8) is 0 Å². The Hall–Kier alpha value is -1.75. The van der Waals surface area contributed by atoms with E-state index in [1.54, 1.807) is 6.92 Å². The Morgan fingerprint density at radius 3 is 2.88 bits per heavy atom. The van der Waals surface area contributed by atoms with Crippen LogP contribution >= 0.6 is 0 Å². The maximum Gasteiger partial charge on any atom is 0.305 e. The summed E-state index contributed by atoms with van der Waals surface area (Å²) in [6.07, 6.45) is -1.07. The van der Waals surface area contributed by atoms with E-state index >= 15 is 0 Å². The number of carbonyl (C=O) groups is 1. The number of nitrogens with two attached hydrogens (primary N) is 1. The maximum atomic E-state index is 11.0. The van der Waals surface area contributed by atoms with E-state index in [1.807, 2.05) is 0 Å². The van der Waals surface area contributed by atoms with Gasteiger partial charge in [0, 0.05) is 13.8 Å². The van der Waals surface area contributed by atoms with E-state index in [-0.39, 0.29) is 17.7 Å². The van der Waals surface area contributed by atoms with Crippen LogP contribution in [-0.2, 0) is 15.9 Å². The molecule has 1 rings (SSSR count). The van der Waals surface area contributed by atoms with Crippen LogP contribution in [0.5, 0.6) is 11.5 Å². The highest BCUT2D eigenvalue weighted by Crippen LogP contribution is 2.25. The van der Waals surface area contributed by atoms with Gasteiger partial charge in [0.15, 0.2) is 11.5 Å². The first kappa shape index (κ1) is 10.4. The largest absolute Gasteiger partial charge is 0.504 e. The fraction of sp³-hybridized carbons (Fsp3) is 0.417. The van der Waals surface area contributed by atoms with Crippen LogP contribution in [0, 0.1) is 0 Å². The van der Waals surface area contributed by atoms with Gasteiger partial charge < -0.3 is 20.7 Å². The average Bonchev–Trinajstić information content (AvgIpc) is 2.38. The predicted molar refractivity (Wildman–Crippen MR) is 62.7 cm³/mol. The Bertz CT molecular complexity index is 465. The first-order valence-corrected chi connectivity index (χ1v) is 5.16. The molecule has 0 aliphatic carbocycles. The molecule has 4 N–H and O–H groups in total. The number of phenolic OH excluding ortho intramolecular Hbond substituents is 2. The summed E-state index contributed by atoms with van der Waals surface area (Å²) in [5.74, 6) is -1.21. The molecule has 1 aromatic carbocycles. The van der Waals surface area contributed by atoms with E-state index in [2.05, 4.69) is 0 Å². The average molecular weight is 241 g/mol. The second kappa shape index (κ2) is 6.10. The zero-order chi connectivity index (χ0) is 14.6. The van der Waals surface area contributed by atoms with Gasteiger partial charge in [-0.2, -0.15) is 0 Å². The molecular weight excluding hydrogens is 222 g/mol. The number of rotatable bonds is 5. The van der Waals surface area contributed by atoms with E-state index in [0.29, 0.717) is 0 Å². The van der Waals surface area contributed by atoms with Crippen LogP contribution in [0.4, 0.5) is 0 Å². The Morgan fingerprint density at radius 1 is 1.59 bits per heavy atom. The summed E-state index contributed by atoms with van der Waals surface area (Å²) in [7, 11) is 0. The minimum Gasteiger partial charge on any atom is -0.504 e. The molecule has 0 spiro atoms. The third-order valence-corrected chi connectivity index (χ3v) is 2.04. The minimum absolute atomic E-state index is 0.165. The van der Waals surface area contributed by atoms with Crippen molar-refractivity contribution >= 4 is 5.97 Å². The predicted octanol–water partition coefficient (Wildman–Crippen LogP) is 0.921. The van der Waals surface area contributed by atoms with E-state index in [9.17, 15) is 15.0 Å². The summed E-state index contributed by atoms with van der Waals surface area (Å²) in [6, 6.07) is 1.91.